The van der Waals surface area contributed by atoms with Crippen LogP contribution in [-0.4, -0.2) is 29.7 Å². The van der Waals surface area contributed by atoms with Gasteiger partial charge in [-0.05, 0) is 25.2 Å². The van der Waals surface area contributed by atoms with E-state index in [1.54, 1.807) is 13.4 Å². The normalized spacial score (nSPS) is 21.9. The molecule has 0 bridgehead atoms. The van der Waals surface area contributed by atoms with E-state index < -0.39 is 0 Å². The van der Waals surface area contributed by atoms with Gasteiger partial charge in [-0.25, -0.2) is 9.97 Å². The van der Waals surface area contributed by atoms with Crippen LogP contribution in [0.15, 0.2) is 6.33 Å². The van der Waals surface area contributed by atoms with Crippen molar-refractivity contribution in [3.8, 4) is 5.75 Å². The Labute approximate surface area is 127 Å². The molecule has 0 spiro atoms. The van der Waals surface area contributed by atoms with Gasteiger partial charge in [-0.1, -0.05) is 33.1 Å². The molecule has 0 aromatic carbocycles. The number of nitrogens with zero attached hydrogens (tertiary/aromatic N) is 2. The summed E-state index contributed by atoms with van der Waals surface area (Å²) in [6.07, 6.45) is 9.03. The number of hydrogen-bond donors (Lipinski definition) is 2. The standard InChI is InChI=1S/C16H28N4O/c1-4-10-17-15-14(21-3)16(19-11-18-15)20-13-9-7-6-8-12(13)5-2/h11-13H,4-10H2,1-3H3,(H2,17,18,19,20). The molecular weight excluding hydrogens is 264 g/mol. The summed E-state index contributed by atoms with van der Waals surface area (Å²) in [5.74, 6) is 3.05. The van der Waals surface area contributed by atoms with Crippen molar-refractivity contribution >= 4 is 11.6 Å². The van der Waals surface area contributed by atoms with Crippen LogP contribution in [0.4, 0.5) is 11.6 Å². The summed E-state index contributed by atoms with van der Waals surface area (Å²) in [4.78, 5) is 8.69. The van der Waals surface area contributed by atoms with Gasteiger partial charge in [0.25, 0.3) is 0 Å². The quantitative estimate of drug-likeness (QED) is 0.802. The molecule has 1 saturated carbocycles. The first-order chi connectivity index (χ1) is 10.3. The second-order valence-electron chi connectivity index (χ2n) is 5.73. The van der Waals surface area contributed by atoms with E-state index in [1.165, 1.54) is 32.1 Å². The molecule has 1 heterocycles. The zero-order valence-corrected chi connectivity index (χ0v) is 13.5. The molecule has 118 valence electrons. The van der Waals surface area contributed by atoms with E-state index in [0.717, 1.165) is 36.3 Å². The molecule has 5 heteroatoms. The maximum Gasteiger partial charge on any atom is 0.204 e. The first-order valence-electron chi connectivity index (χ1n) is 8.19. The molecule has 0 amide bonds. The first-order valence-corrected chi connectivity index (χ1v) is 8.19. The maximum atomic E-state index is 5.53. The van der Waals surface area contributed by atoms with Crippen LogP contribution in [0.5, 0.6) is 5.75 Å². The Kier molecular flexibility index (Phi) is 6.08. The molecule has 1 aliphatic carbocycles. The second-order valence-corrected chi connectivity index (χ2v) is 5.73. The molecule has 2 N–H and O–H groups in total. The predicted molar refractivity (Wildman–Crippen MR) is 87.0 cm³/mol. The third kappa shape index (κ3) is 3.99. The highest BCUT2D eigenvalue weighted by atomic mass is 16.5. The Balaban J connectivity index is 2.14. The van der Waals surface area contributed by atoms with Gasteiger partial charge in [0.15, 0.2) is 11.6 Å². The van der Waals surface area contributed by atoms with E-state index in [2.05, 4.69) is 34.4 Å². The third-order valence-corrected chi connectivity index (χ3v) is 4.31. The maximum absolute atomic E-state index is 5.53. The zero-order valence-electron chi connectivity index (χ0n) is 13.5. The van der Waals surface area contributed by atoms with Crippen molar-refractivity contribution in [2.24, 2.45) is 5.92 Å². The molecule has 1 aliphatic rings. The van der Waals surface area contributed by atoms with Crippen molar-refractivity contribution in [2.45, 2.75) is 58.4 Å². The van der Waals surface area contributed by atoms with Crippen molar-refractivity contribution in [1.82, 2.24) is 9.97 Å². The van der Waals surface area contributed by atoms with Crippen LogP contribution in [0, 0.1) is 5.92 Å². The predicted octanol–water partition coefficient (Wildman–Crippen LogP) is 3.69. The van der Waals surface area contributed by atoms with Gasteiger partial charge in [-0.2, -0.15) is 0 Å². The summed E-state index contributed by atoms with van der Waals surface area (Å²) in [7, 11) is 1.68. The van der Waals surface area contributed by atoms with Crippen molar-refractivity contribution in [1.29, 1.82) is 0 Å². The number of rotatable bonds is 7. The lowest BCUT2D eigenvalue weighted by Crippen LogP contribution is -2.32. The van der Waals surface area contributed by atoms with Crippen LogP contribution < -0.4 is 15.4 Å². The minimum absolute atomic E-state index is 0.492. The second kappa shape index (κ2) is 8.05. The minimum atomic E-state index is 0.492. The molecule has 0 radical (unpaired) electrons. The minimum Gasteiger partial charge on any atom is -0.490 e. The van der Waals surface area contributed by atoms with Crippen LogP contribution in [0.3, 0.4) is 0 Å². The van der Waals surface area contributed by atoms with Crippen molar-refractivity contribution < 1.29 is 4.74 Å². The fourth-order valence-corrected chi connectivity index (χ4v) is 3.10. The third-order valence-electron chi connectivity index (χ3n) is 4.31. The summed E-state index contributed by atoms with van der Waals surface area (Å²) in [5, 5.41) is 6.90. The van der Waals surface area contributed by atoms with Crippen molar-refractivity contribution in [3.05, 3.63) is 6.33 Å². The fourth-order valence-electron chi connectivity index (χ4n) is 3.10. The Morgan fingerprint density at radius 3 is 2.67 bits per heavy atom. The Morgan fingerprint density at radius 1 is 1.19 bits per heavy atom. The SMILES string of the molecule is CCCNc1ncnc(NC2CCCCC2CC)c1OC. The highest BCUT2D eigenvalue weighted by Gasteiger charge is 2.25. The highest BCUT2D eigenvalue weighted by Crippen LogP contribution is 2.34. The van der Waals surface area contributed by atoms with Crippen LogP contribution in [-0.2, 0) is 0 Å². The summed E-state index contributed by atoms with van der Waals surface area (Å²) < 4.78 is 5.53. The molecule has 1 aromatic heterocycles. The number of hydrogen-bond acceptors (Lipinski definition) is 5. The van der Waals surface area contributed by atoms with Gasteiger partial charge in [-0.3, -0.25) is 0 Å². The monoisotopic (exact) mass is 292 g/mol. The van der Waals surface area contributed by atoms with E-state index in [-0.39, 0.29) is 0 Å². The number of ether oxygens (including phenoxy) is 1. The topological polar surface area (TPSA) is 59.1 Å². The molecule has 2 atom stereocenters. The molecule has 0 saturated heterocycles. The number of anilines is 2. The molecular formula is C16H28N4O. The van der Waals surface area contributed by atoms with E-state index in [1.807, 2.05) is 0 Å². The largest absolute Gasteiger partial charge is 0.490 e. The van der Waals surface area contributed by atoms with Crippen molar-refractivity contribution in [2.75, 3.05) is 24.3 Å². The molecule has 1 aromatic rings. The van der Waals surface area contributed by atoms with E-state index in [9.17, 15) is 0 Å². The number of methoxy groups -OCH3 is 1. The van der Waals surface area contributed by atoms with Gasteiger partial charge in [0.2, 0.25) is 5.75 Å². The van der Waals surface area contributed by atoms with Crippen LogP contribution >= 0.6 is 0 Å². The van der Waals surface area contributed by atoms with Crippen molar-refractivity contribution in [3.63, 3.8) is 0 Å². The van der Waals surface area contributed by atoms with Gasteiger partial charge in [0.1, 0.15) is 6.33 Å². The van der Waals surface area contributed by atoms with Gasteiger partial charge in [-0.15, -0.1) is 0 Å². The average Bonchev–Trinajstić information content (AvgIpc) is 2.53. The Morgan fingerprint density at radius 2 is 1.95 bits per heavy atom. The van der Waals surface area contributed by atoms with E-state index in [4.69, 9.17) is 4.74 Å². The lowest BCUT2D eigenvalue weighted by molar-refractivity contribution is 0.315. The van der Waals surface area contributed by atoms with Gasteiger partial charge in [0, 0.05) is 12.6 Å². The molecule has 0 aliphatic heterocycles. The summed E-state index contributed by atoms with van der Waals surface area (Å²) >= 11 is 0. The lowest BCUT2D eigenvalue weighted by atomic mass is 9.83. The van der Waals surface area contributed by atoms with E-state index >= 15 is 0 Å². The molecule has 5 nitrogen and oxygen atoms in total. The molecule has 21 heavy (non-hydrogen) atoms. The van der Waals surface area contributed by atoms with Gasteiger partial charge < -0.3 is 15.4 Å². The lowest BCUT2D eigenvalue weighted by Gasteiger charge is -2.32. The fraction of sp³-hybridized carbons (Fsp3) is 0.750. The Bertz CT molecular complexity index is 438. The Hall–Kier alpha value is -1.52. The molecule has 2 unspecified atom stereocenters. The van der Waals surface area contributed by atoms with Gasteiger partial charge >= 0.3 is 0 Å². The summed E-state index contributed by atoms with van der Waals surface area (Å²) in [5.41, 5.74) is 0. The average molecular weight is 292 g/mol. The number of nitrogens with one attached hydrogen (secondary N) is 2. The number of aromatic nitrogens is 2. The summed E-state index contributed by atoms with van der Waals surface area (Å²) in [6, 6.07) is 0.492. The van der Waals surface area contributed by atoms with Crippen LogP contribution in [0.25, 0.3) is 0 Å². The van der Waals surface area contributed by atoms with E-state index in [0.29, 0.717) is 6.04 Å². The zero-order chi connectivity index (χ0) is 15.1. The smallest absolute Gasteiger partial charge is 0.204 e. The summed E-state index contributed by atoms with van der Waals surface area (Å²) in [6.45, 7) is 5.29. The van der Waals surface area contributed by atoms with Gasteiger partial charge in [0.05, 0.1) is 7.11 Å². The first kappa shape index (κ1) is 15.9. The van der Waals surface area contributed by atoms with Crippen LogP contribution in [0.1, 0.15) is 52.4 Å². The highest BCUT2D eigenvalue weighted by molar-refractivity contribution is 5.63. The van der Waals surface area contributed by atoms with Crippen LogP contribution in [0.2, 0.25) is 0 Å². The molecule has 2 rings (SSSR count). The molecule has 1 fully saturated rings.